The van der Waals surface area contributed by atoms with Gasteiger partial charge in [0, 0.05) is 23.6 Å². The van der Waals surface area contributed by atoms with Gasteiger partial charge in [-0.2, -0.15) is 0 Å². The third kappa shape index (κ3) is 2.49. The maximum absolute atomic E-state index is 12.9. The van der Waals surface area contributed by atoms with Gasteiger partial charge in [0.1, 0.15) is 17.5 Å². The lowest BCUT2D eigenvalue weighted by atomic mass is 10.2. The molecule has 0 radical (unpaired) electrons. The maximum Gasteiger partial charge on any atom is 0.136 e. The topological polar surface area (TPSA) is 0 Å². The molecular weight excluding hydrogens is 201 g/mol. The van der Waals surface area contributed by atoms with Crippen LogP contribution in [0.15, 0.2) is 18.2 Å². The van der Waals surface area contributed by atoms with E-state index in [4.69, 9.17) is 11.6 Å². The summed E-state index contributed by atoms with van der Waals surface area (Å²) in [6, 6.07) is 1.24. The largest absolute Gasteiger partial charge is 0.207 e. The standard InChI is InChI=1S/C9H6ClF3/c10-3-1-2-7-8(12)4-6(11)5-9(7)13/h1-2,4-5H,3H2. The first-order valence-corrected chi connectivity index (χ1v) is 4.05. The van der Waals surface area contributed by atoms with E-state index in [1.807, 2.05) is 0 Å². The second kappa shape index (κ2) is 4.33. The van der Waals surface area contributed by atoms with Crippen LogP contribution in [0.1, 0.15) is 5.56 Å². The van der Waals surface area contributed by atoms with Crippen molar-refractivity contribution in [3.8, 4) is 0 Å². The maximum atomic E-state index is 12.9. The molecule has 4 heteroatoms. The first-order valence-electron chi connectivity index (χ1n) is 3.52. The van der Waals surface area contributed by atoms with Crippen LogP contribution in [0.2, 0.25) is 0 Å². The normalized spacial score (nSPS) is 11.1. The van der Waals surface area contributed by atoms with Gasteiger partial charge in [-0.25, -0.2) is 13.2 Å². The van der Waals surface area contributed by atoms with Crippen LogP contribution in [-0.4, -0.2) is 5.88 Å². The fourth-order valence-electron chi connectivity index (χ4n) is 0.875. The van der Waals surface area contributed by atoms with Crippen molar-refractivity contribution < 1.29 is 13.2 Å². The zero-order valence-electron chi connectivity index (χ0n) is 6.53. The van der Waals surface area contributed by atoms with Crippen molar-refractivity contribution in [2.75, 3.05) is 5.88 Å². The smallest absolute Gasteiger partial charge is 0.136 e. The van der Waals surface area contributed by atoms with Crippen molar-refractivity contribution in [1.82, 2.24) is 0 Å². The molecule has 13 heavy (non-hydrogen) atoms. The van der Waals surface area contributed by atoms with E-state index in [0.717, 1.165) is 0 Å². The molecule has 0 saturated carbocycles. The minimum Gasteiger partial charge on any atom is -0.207 e. The highest BCUT2D eigenvalue weighted by molar-refractivity contribution is 6.19. The van der Waals surface area contributed by atoms with E-state index in [-0.39, 0.29) is 11.4 Å². The van der Waals surface area contributed by atoms with E-state index in [0.29, 0.717) is 12.1 Å². The molecule has 0 heterocycles. The fraction of sp³-hybridized carbons (Fsp3) is 0.111. The monoisotopic (exact) mass is 206 g/mol. The van der Waals surface area contributed by atoms with E-state index in [1.165, 1.54) is 12.2 Å². The van der Waals surface area contributed by atoms with Crippen LogP contribution in [0, 0.1) is 17.5 Å². The molecule has 0 N–H and O–H groups in total. The second-order valence-electron chi connectivity index (χ2n) is 2.34. The Bertz CT molecular complexity index is 311. The van der Waals surface area contributed by atoms with Gasteiger partial charge in [0.15, 0.2) is 0 Å². The Morgan fingerprint density at radius 2 is 1.69 bits per heavy atom. The van der Waals surface area contributed by atoms with Gasteiger partial charge in [0.2, 0.25) is 0 Å². The summed E-state index contributed by atoms with van der Waals surface area (Å²) in [7, 11) is 0. The van der Waals surface area contributed by atoms with E-state index in [1.54, 1.807) is 0 Å². The number of benzene rings is 1. The molecule has 0 aromatic heterocycles. The van der Waals surface area contributed by atoms with Gasteiger partial charge < -0.3 is 0 Å². The van der Waals surface area contributed by atoms with Crippen molar-refractivity contribution in [1.29, 1.82) is 0 Å². The molecule has 0 aliphatic carbocycles. The Balaban J connectivity index is 3.13. The minimum absolute atomic E-state index is 0.149. The van der Waals surface area contributed by atoms with Crippen molar-refractivity contribution in [2.45, 2.75) is 0 Å². The predicted molar refractivity (Wildman–Crippen MR) is 46.1 cm³/mol. The molecule has 0 nitrogen and oxygen atoms in total. The molecule has 0 unspecified atom stereocenters. The Morgan fingerprint density at radius 3 is 2.15 bits per heavy atom. The molecule has 0 spiro atoms. The molecule has 0 bridgehead atoms. The number of alkyl halides is 1. The highest BCUT2D eigenvalue weighted by Gasteiger charge is 2.07. The quantitative estimate of drug-likeness (QED) is 0.651. The van der Waals surface area contributed by atoms with Crippen molar-refractivity contribution in [3.05, 3.63) is 41.2 Å². The van der Waals surface area contributed by atoms with Gasteiger partial charge in [-0.15, -0.1) is 11.6 Å². The van der Waals surface area contributed by atoms with Gasteiger partial charge in [0.05, 0.1) is 0 Å². The molecule has 70 valence electrons. The van der Waals surface area contributed by atoms with Crippen molar-refractivity contribution in [3.63, 3.8) is 0 Å². The van der Waals surface area contributed by atoms with Crippen LogP contribution in [-0.2, 0) is 0 Å². The Kier molecular flexibility index (Phi) is 3.37. The third-order valence-electron chi connectivity index (χ3n) is 1.42. The molecule has 0 fully saturated rings. The highest BCUT2D eigenvalue weighted by Crippen LogP contribution is 2.16. The van der Waals surface area contributed by atoms with Crippen LogP contribution in [0.5, 0.6) is 0 Å². The minimum atomic E-state index is -0.932. The van der Waals surface area contributed by atoms with Gasteiger partial charge in [-0.05, 0) is 0 Å². The van der Waals surface area contributed by atoms with Gasteiger partial charge in [0.25, 0.3) is 0 Å². The lowest BCUT2D eigenvalue weighted by molar-refractivity contribution is 0.540. The Morgan fingerprint density at radius 1 is 1.15 bits per heavy atom. The lowest BCUT2D eigenvalue weighted by Crippen LogP contribution is -1.90. The van der Waals surface area contributed by atoms with E-state index in [2.05, 4.69) is 0 Å². The summed E-state index contributed by atoms with van der Waals surface area (Å²) in [5.41, 5.74) is -0.276. The Labute approximate surface area is 78.6 Å². The molecule has 0 saturated heterocycles. The summed E-state index contributed by atoms with van der Waals surface area (Å²) in [5, 5.41) is 0. The number of rotatable bonds is 2. The summed E-state index contributed by atoms with van der Waals surface area (Å²) in [4.78, 5) is 0. The average molecular weight is 207 g/mol. The fourth-order valence-corrected chi connectivity index (χ4v) is 0.964. The first-order chi connectivity index (χ1) is 6.15. The van der Waals surface area contributed by atoms with Crippen LogP contribution < -0.4 is 0 Å². The summed E-state index contributed by atoms with van der Waals surface area (Å²) in [6.07, 6.45) is 2.55. The summed E-state index contributed by atoms with van der Waals surface area (Å²) < 4.78 is 38.1. The summed E-state index contributed by atoms with van der Waals surface area (Å²) in [6.45, 7) is 0. The Hall–Kier alpha value is -0.960. The van der Waals surface area contributed by atoms with Crippen molar-refractivity contribution >= 4 is 17.7 Å². The zero-order valence-corrected chi connectivity index (χ0v) is 7.28. The highest BCUT2D eigenvalue weighted by atomic mass is 35.5. The van der Waals surface area contributed by atoms with Crippen LogP contribution in [0.25, 0.3) is 6.08 Å². The molecule has 1 aromatic rings. The number of allylic oxidation sites excluding steroid dienone is 1. The van der Waals surface area contributed by atoms with Gasteiger partial charge in [-0.1, -0.05) is 12.2 Å². The van der Waals surface area contributed by atoms with E-state index < -0.39 is 17.5 Å². The third-order valence-corrected chi connectivity index (χ3v) is 1.60. The SMILES string of the molecule is Fc1cc(F)c(C=CCCl)c(F)c1. The predicted octanol–water partition coefficient (Wildman–Crippen LogP) is 3.36. The summed E-state index contributed by atoms with van der Waals surface area (Å²) in [5.74, 6) is -2.65. The molecule has 0 amide bonds. The number of halogens is 4. The van der Waals surface area contributed by atoms with Crippen LogP contribution >= 0.6 is 11.6 Å². The molecule has 0 aliphatic heterocycles. The van der Waals surface area contributed by atoms with Crippen molar-refractivity contribution in [2.24, 2.45) is 0 Å². The molecular formula is C9H6ClF3. The zero-order chi connectivity index (χ0) is 9.84. The molecule has 1 aromatic carbocycles. The van der Waals surface area contributed by atoms with E-state index >= 15 is 0 Å². The lowest BCUT2D eigenvalue weighted by Gasteiger charge is -1.98. The molecule has 1 rings (SSSR count). The first kappa shape index (κ1) is 10.1. The average Bonchev–Trinajstić information content (AvgIpc) is 2.02. The van der Waals surface area contributed by atoms with Gasteiger partial charge >= 0.3 is 0 Å². The molecule has 0 atom stereocenters. The number of hydrogen-bond donors (Lipinski definition) is 0. The number of hydrogen-bond acceptors (Lipinski definition) is 0. The molecule has 0 aliphatic rings. The van der Waals surface area contributed by atoms with Crippen LogP contribution in [0.3, 0.4) is 0 Å². The van der Waals surface area contributed by atoms with E-state index in [9.17, 15) is 13.2 Å². The summed E-state index contributed by atoms with van der Waals surface area (Å²) >= 11 is 5.28. The van der Waals surface area contributed by atoms with Crippen LogP contribution in [0.4, 0.5) is 13.2 Å². The second-order valence-corrected chi connectivity index (χ2v) is 2.65. The van der Waals surface area contributed by atoms with Gasteiger partial charge in [-0.3, -0.25) is 0 Å².